The lowest BCUT2D eigenvalue weighted by molar-refractivity contribution is -0.135. The van der Waals surface area contributed by atoms with Gasteiger partial charge in [0.2, 0.25) is 5.92 Å². The van der Waals surface area contributed by atoms with Gasteiger partial charge in [-0.15, -0.1) is 0 Å². The number of ketones is 1. The summed E-state index contributed by atoms with van der Waals surface area (Å²) in [5, 5.41) is 3.54. The Bertz CT molecular complexity index is 1230. The van der Waals surface area contributed by atoms with Crippen LogP contribution < -0.4 is 5.32 Å². The van der Waals surface area contributed by atoms with E-state index in [1.807, 2.05) is 30.5 Å². The lowest BCUT2D eigenvalue weighted by atomic mass is 9.80. The van der Waals surface area contributed by atoms with E-state index in [1.165, 1.54) is 6.20 Å². The predicted octanol–water partition coefficient (Wildman–Crippen LogP) is 3.91. The number of aromatic nitrogens is 2. The third kappa shape index (κ3) is 3.34. The summed E-state index contributed by atoms with van der Waals surface area (Å²) in [6.07, 6.45) is 2.02. The monoisotopic (exact) mass is 438 g/mol. The highest BCUT2D eigenvalue weighted by Gasteiger charge is 2.55. The summed E-state index contributed by atoms with van der Waals surface area (Å²) in [5.74, 6) is -3.90. The Kier molecular flexibility index (Phi) is 4.58. The van der Waals surface area contributed by atoms with E-state index in [2.05, 4.69) is 15.3 Å². The van der Waals surface area contributed by atoms with Crippen LogP contribution >= 0.6 is 0 Å². The van der Waals surface area contributed by atoms with Crippen molar-refractivity contribution in [1.29, 1.82) is 0 Å². The molecule has 1 aromatic carbocycles. The number of rotatable bonds is 4. The van der Waals surface area contributed by atoms with Crippen molar-refractivity contribution in [3.63, 3.8) is 0 Å². The molecule has 1 aliphatic heterocycles. The van der Waals surface area contributed by atoms with Crippen molar-refractivity contribution in [2.45, 2.75) is 37.1 Å². The van der Waals surface area contributed by atoms with Crippen LogP contribution in [0.2, 0.25) is 0 Å². The van der Waals surface area contributed by atoms with Crippen molar-refractivity contribution in [2.75, 3.05) is 6.54 Å². The summed E-state index contributed by atoms with van der Waals surface area (Å²) in [6.45, 7) is -0.461. The number of imide groups is 1. The topological polar surface area (TPSA) is 95.2 Å². The Balaban J connectivity index is 1.32. The first-order valence-corrected chi connectivity index (χ1v) is 10.4. The Morgan fingerprint density at radius 2 is 1.84 bits per heavy atom. The highest BCUT2D eigenvalue weighted by atomic mass is 19.3. The Morgan fingerprint density at radius 3 is 2.56 bits per heavy atom. The van der Waals surface area contributed by atoms with Crippen LogP contribution in [0.3, 0.4) is 0 Å². The number of benzene rings is 1. The van der Waals surface area contributed by atoms with E-state index >= 15 is 0 Å². The van der Waals surface area contributed by atoms with Crippen molar-refractivity contribution < 1.29 is 23.2 Å². The molecule has 2 fully saturated rings. The number of H-pyrrole nitrogens is 1. The first-order valence-electron chi connectivity index (χ1n) is 10.4. The molecule has 1 aliphatic carbocycles. The van der Waals surface area contributed by atoms with Crippen LogP contribution in [-0.2, 0) is 4.79 Å². The Labute approximate surface area is 181 Å². The van der Waals surface area contributed by atoms with Crippen LogP contribution in [0.5, 0.6) is 0 Å². The van der Waals surface area contributed by atoms with Gasteiger partial charge in [0.25, 0.3) is 5.91 Å². The average Bonchev–Trinajstić information content (AvgIpc) is 3.35. The standard InChI is InChI=1S/C23H20F2N4O3/c24-23(25)9-7-22(8-10-23)20(31)29(21(32)28-22)13-19(30)14-4-5-18(27-12-14)15-2-1-3-17-16(15)6-11-26-17/h1-6,11-12,26H,7-10,13H2,(H,28,32). The minimum Gasteiger partial charge on any atom is -0.361 e. The summed E-state index contributed by atoms with van der Waals surface area (Å²) < 4.78 is 27.0. The largest absolute Gasteiger partial charge is 0.361 e. The van der Waals surface area contributed by atoms with Gasteiger partial charge in [-0.3, -0.25) is 19.5 Å². The molecular weight excluding hydrogens is 418 g/mol. The number of carbonyl (C=O) groups excluding carboxylic acids is 3. The van der Waals surface area contributed by atoms with Crippen LogP contribution in [0, 0.1) is 0 Å². The maximum Gasteiger partial charge on any atom is 0.325 e. The third-order valence-electron chi connectivity index (χ3n) is 6.34. The summed E-state index contributed by atoms with van der Waals surface area (Å²) >= 11 is 0. The first-order chi connectivity index (χ1) is 15.3. The molecule has 1 saturated heterocycles. The summed E-state index contributed by atoms with van der Waals surface area (Å²) in [7, 11) is 0. The zero-order valence-electron chi connectivity index (χ0n) is 17.0. The number of fused-ring (bicyclic) bond motifs is 1. The van der Waals surface area contributed by atoms with Crippen LogP contribution in [0.15, 0.2) is 48.8 Å². The van der Waals surface area contributed by atoms with Crippen LogP contribution in [0.1, 0.15) is 36.0 Å². The van der Waals surface area contributed by atoms with E-state index in [-0.39, 0.29) is 18.4 Å². The molecule has 0 bridgehead atoms. The first kappa shape index (κ1) is 20.3. The number of urea groups is 1. The van der Waals surface area contributed by atoms with Gasteiger partial charge in [-0.05, 0) is 37.1 Å². The van der Waals surface area contributed by atoms with E-state index < -0.39 is 48.6 Å². The van der Waals surface area contributed by atoms with E-state index in [1.54, 1.807) is 12.1 Å². The van der Waals surface area contributed by atoms with Gasteiger partial charge in [0, 0.05) is 47.3 Å². The molecule has 3 amide bonds. The van der Waals surface area contributed by atoms with Crippen molar-refractivity contribution in [1.82, 2.24) is 20.2 Å². The van der Waals surface area contributed by atoms with Gasteiger partial charge in [0.05, 0.1) is 12.2 Å². The van der Waals surface area contributed by atoms with E-state index in [9.17, 15) is 23.2 Å². The number of Topliss-reactive ketones (excluding diaryl/α,β-unsaturated/α-hetero) is 1. The molecule has 2 aromatic heterocycles. The minimum absolute atomic E-state index is 0.143. The number of pyridine rings is 1. The fourth-order valence-corrected chi connectivity index (χ4v) is 4.46. The number of halogens is 2. The Morgan fingerprint density at radius 1 is 1.06 bits per heavy atom. The lowest BCUT2D eigenvalue weighted by Gasteiger charge is -2.34. The van der Waals surface area contributed by atoms with E-state index in [0.29, 0.717) is 5.69 Å². The molecule has 1 spiro atoms. The van der Waals surface area contributed by atoms with Crippen LogP contribution in [0.4, 0.5) is 13.6 Å². The second-order valence-electron chi connectivity index (χ2n) is 8.36. The molecule has 3 aromatic rings. The highest BCUT2D eigenvalue weighted by Crippen LogP contribution is 2.41. The maximum absolute atomic E-state index is 13.5. The molecule has 1 saturated carbocycles. The normalized spacial score (nSPS) is 19.5. The fraction of sp³-hybridized carbons (Fsp3) is 0.304. The quantitative estimate of drug-likeness (QED) is 0.477. The van der Waals surface area contributed by atoms with Gasteiger partial charge >= 0.3 is 6.03 Å². The van der Waals surface area contributed by atoms with Gasteiger partial charge in [0.15, 0.2) is 5.78 Å². The second kappa shape index (κ2) is 7.22. The predicted molar refractivity (Wildman–Crippen MR) is 112 cm³/mol. The number of nitrogens with one attached hydrogen (secondary N) is 2. The molecule has 0 atom stereocenters. The van der Waals surface area contributed by atoms with Crippen molar-refractivity contribution in [2.24, 2.45) is 0 Å². The van der Waals surface area contributed by atoms with E-state index in [4.69, 9.17) is 0 Å². The van der Waals surface area contributed by atoms with Gasteiger partial charge in [-0.25, -0.2) is 13.6 Å². The van der Waals surface area contributed by atoms with Crippen LogP contribution in [0.25, 0.3) is 22.2 Å². The number of alkyl halides is 2. The smallest absolute Gasteiger partial charge is 0.325 e. The van der Waals surface area contributed by atoms with Crippen LogP contribution in [-0.4, -0.2) is 50.6 Å². The Hall–Kier alpha value is -3.62. The molecular formula is C23H20F2N4O3. The molecule has 0 radical (unpaired) electrons. The number of carbonyl (C=O) groups is 3. The SMILES string of the molecule is O=C(CN1C(=O)NC2(CCC(F)(F)CC2)C1=O)c1ccc(-c2cccc3[nH]ccc23)nc1. The lowest BCUT2D eigenvalue weighted by Crippen LogP contribution is -2.51. The zero-order valence-corrected chi connectivity index (χ0v) is 17.0. The molecule has 0 unspecified atom stereocenters. The molecule has 9 heteroatoms. The van der Waals surface area contributed by atoms with Gasteiger partial charge in [0.1, 0.15) is 5.54 Å². The number of amides is 3. The number of hydrogen-bond acceptors (Lipinski definition) is 4. The zero-order chi connectivity index (χ0) is 22.5. The van der Waals surface area contributed by atoms with Gasteiger partial charge in [-0.2, -0.15) is 0 Å². The third-order valence-corrected chi connectivity index (χ3v) is 6.34. The number of aromatic amines is 1. The molecule has 3 heterocycles. The highest BCUT2D eigenvalue weighted by molar-refractivity contribution is 6.11. The molecule has 2 aliphatic rings. The van der Waals surface area contributed by atoms with E-state index in [0.717, 1.165) is 21.4 Å². The summed E-state index contributed by atoms with van der Waals surface area (Å²) in [5.41, 5.74) is 1.48. The van der Waals surface area contributed by atoms with Crippen molar-refractivity contribution in [3.05, 3.63) is 54.4 Å². The average molecular weight is 438 g/mol. The molecule has 32 heavy (non-hydrogen) atoms. The number of hydrogen-bond donors (Lipinski definition) is 2. The van der Waals surface area contributed by atoms with Gasteiger partial charge in [-0.1, -0.05) is 12.1 Å². The summed E-state index contributed by atoms with van der Waals surface area (Å²) in [6, 6.07) is 10.3. The molecule has 164 valence electrons. The van der Waals surface area contributed by atoms with Crippen molar-refractivity contribution in [3.8, 4) is 11.3 Å². The molecule has 2 N–H and O–H groups in total. The van der Waals surface area contributed by atoms with Gasteiger partial charge < -0.3 is 10.3 Å². The fourth-order valence-electron chi connectivity index (χ4n) is 4.46. The second-order valence-corrected chi connectivity index (χ2v) is 8.36. The van der Waals surface area contributed by atoms with Crippen molar-refractivity contribution >= 4 is 28.6 Å². The molecule has 5 rings (SSSR count). The summed E-state index contributed by atoms with van der Waals surface area (Å²) in [4.78, 5) is 46.3. The number of nitrogens with zero attached hydrogens (tertiary/aromatic N) is 2. The molecule has 7 nitrogen and oxygen atoms in total. The minimum atomic E-state index is -2.84. The maximum atomic E-state index is 13.5.